The van der Waals surface area contributed by atoms with E-state index in [4.69, 9.17) is 0 Å². The Labute approximate surface area is 116 Å². The van der Waals surface area contributed by atoms with Gasteiger partial charge in [0, 0.05) is 18.5 Å². The average molecular weight is 274 g/mol. The Hall–Kier alpha value is -0.220. The standard InChI is InChI=1S/C15H28F2N2/c1-12(2)19-9-6-14(15(16,17)11-19)10-18-7-4-13(3)5-8-18/h12-14H,4-11H2,1-3H3. The summed E-state index contributed by atoms with van der Waals surface area (Å²) >= 11 is 0. The van der Waals surface area contributed by atoms with Crippen molar-refractivity contribution in [1.29, 1.82) is 0 Å². The van der Waals surface area contributed by atoms with E-state index in [1.165, 1.54) is 0 Å². The third-order valence-corrected chi connectivity index (χ3v) is 4.86. The first-order chi connectivity index (χ1) is 8.88. The molecule has 0 aromatic carbocycles. The monoisotopic (exact) mass is 274 g/mol. The van der Waals surface area contributed by atoms with Crippen LogP contribution >= 0.6 is 0 Å². The Bertz CT molecular complexity index is 286. The number of nitrogens with zero attached hydrogens (tertiary/aromatic N) is 2. The predicted octanol–water partition coefficient (Wildman–Crippen LogP) is 3.08. The molecule has 0 aromatic heterocycles. The number of hydrogen-bond donors (Lipinski definition) is 0. The van der Waals surface area contributed by atoms with E-state index in [0.717, 1.165) is 38.4 Å². The molecule has 1 atom stereocenters. The molecule has 112 valence electrons. The fourth-order valence-electron chi connectivity index (χ4n) is 3.23. The molecule has 2 rings (SSSR count). The van der Waals surface area contributed by atoms with Crippen molar-refractivity contribution in [3.05, 3.63) is 0 Å². The third-order valence-electron chi connectivity index (χ3n) is 4.86. The van der Waals surface area contributed by atoms with E-state index in [1.807, 2.05) is 18.7 Å². The smallest absolute Gasteiger partial charge is 0.264 e. The minimum atomic E-state index is -2.52. The zero-order chi connectivity index (χ0) is 14.0. The second-order valence-electron chi connectivity index (χ2n) is 6.79. The molecule has 1 unspecified atom stereocenters. The van der Waals surface area contributed by atoms with Gasteiger partial charge in [0.25, 0.3) is 5.92 Å². The lowest BCUT2D eigenvalue weighted by molar-refractivity contribution is -0.125. The number of alkyl halides is 2. The minimum Gasteiger partial charge on any atom is -0.303 e. The number of piperidine rings is 2. The van der Waals surface area contributed by atoms with Gasteiger partial charge in [0.1, 0.15) is 0 Å². The average Bonchev–Trinajstić information content (AvgIpc) is 2.33. The molecule has 2 aliphatic rings. The molecule has 0 saturated carbocycles. The highest BCUT2D eigenvalue weighted by Crippen LogP contribution is 2.34. The van der Waals surface area contributed by atoms with Crippen molar-refractivity contribution in [2.24, 2.45) is 11.8 Å². The van der Waals surface area contributed by atoms with Gasteiger partial charge >= 0.3 is 0 Å². The van der Waals surface area contributed by atoms with Gasteiger partial charge in [-0.2, -0.15) is 0 Å². The first kappa shape index (κ1) is 15.2. The summed E-state index contributed by atoms with van der Waals surface area (Å²) in [6.07, 6.45) is 2.96. The van der Waals surface area contributed by atoms with E-state index in [9.17, 15) is 8.78 Å². The molecule has 2 heterocycles. The summed E-state index contributed by atoms with van der Waals surface area (Å²) in [5.41, 5.74) is 0. The van der Waals surface area contributed by atoms with Gasteiger partial charge in [-0.3, -0.25) is 4.90 Å². The third kappa shape index (κ3) is 3.88. The maximum Gasteiger partial charge on any atom is 0.264 e. The van der Waals surface area contributed by atoms with Crippen LogP contribution in [0.4, 0.5) is 8.78 Å². The van der Waals surface area contributed by atoms with Crippen molar-refractivity contribution < 1.29 is 8.78 Å². The fraction of sp³-hybridized carbons (Fsp3) is 1.00. The highest BCUT2D eigenvalue weighted by molar-refractivity contribution is 4.90. The molecular formula is C15H28F2N2. The Morgan fingerprint density at radius 1 is 1.11 bits per heavy atom. The van der Waals surface area contributed by atoms with Gasteiger partial charge in [-0.15, -0.1) is 0 Å². The zero-order valence-electron chi connectivity index (χ0n) is 12.5. The van der Waals surface area contributed by atoms with Crippen LogP contribution in [0.2, 0.25) is 0 Å². The summed E-state index contributed by atoms with van der Waals surface area (Å²) in [6, 6.07) is 0.225. The van der Waals surface area contributed by atoms with Crippen LogP contribution in [0.25, 0.3) is 0 Å². The minimum absolute atomic E-state index is 0.0560. The maximum absolute atomic E-state index is 14.2. The SMILES string of the molecule is CC1CCN(CC2CCN(C(C)C)CC2(F)F)CC1. The molecule has 2 saturated heterocycles. The van der Waals surface area contributed by atoms with Crippen LogP contribution in [-0.4, -0.2) is 54.5 Å². The Balaban J connectivity index is 1.87. The van der Waals surface area contributed by atoms with Crippen molar-refractivity contribution in [3.63, 3.8) is 0 Å². The molecule has 4 heteroatoms. The summed E-state index contributed by atoms with van der Waals surface area (Å²) < 4.78 is 28.5. The van der Waals surface area contributed by atoms with E-state index >= 15 is 0 Å². The molecule has 0 bridgehead atoms. The van der Waals surface area contributed by atoms with Crippen LogP contribution in [0.3, 0.4) is 0 Å². The zero-order valence-corrected chi connectivity index (χ0v) is 12.5. The molecule has 0 spiro atoms. The van der Waals surface area contributed by atoms with Crippen molar-refractivity contribution >= 4 is 0 Å². The van der Waals surface area contributed by atoms with E-state index in [1.54, 1.807) is 0 Å². The van der Waals surface area contributed by atoms with Gasteiger partial charge in [0.2, 0.25) is 0 Å². The van der Waals surface area contributed by atoms with Crippen LogP contribution in [0.1, 0.15) is 40.0 Å². The van der Waals surface area contributed by atoms with Gasteiger partial charge in [-0.1, -0.05) is 6.92 Å². The molecule has 2 fully saturated rings. The van der Waals surface area contributed by atoms with E-state index in [2.05, 4.69) is 11.8 Å². The van der Waals surface area contributed by atoms with Crippen molar-refractivity contribution in [2.75, 3.05) is 32.7 Å². The molecule has 2 aliphatic heterocycles. The Morgan fingerprint density at radius 3 is 2.26 bits per heavy atom. The van der Waals surface area contributed by atoms with Gasteiger partial charge in [0.05, 0.1) is 6.54 Å². The van der Waals surface area contributed by atoms with Gasteiger partial charge < -0.3 is 4.90 Å². The molecule has 0 N–H and O–H groups in total. The summed E-state index contributed by atoms with van der Waals surface area (Å²) in [5.74, 6) is -2.21. The number of halogens is 2. The molecule has 19 heavy (non-hydrogen) atoms. The van der Waals surface area contributed by atoms with Gasteiger partial charge in [-0.05, 0) is 58.7 Å². The Morgan fingerprint density at radius 2 is 1.74 bits per heavy atom. The molecule has 2 nitrogen and oxygen atoms in total. The topological polar surface area (TPSA) is 6.48 Å². The fourth-order valence-corrected chi connectivity index (χ4v) is 3.23. The normalized spacial score (nSPS) is 30.9. The van der Waals surface area contributed by atoms with E-state index in [0.29, 0.717) is 13.0 Å². The summed E-state index contributed by atoms with van der Waals surface area (Å²) in [6.45, 7) is 9.62. The van der Waals surface area contributed by atoms with Crippen LogP contribution in [0.5, 0.6) is 0 Å². The second kappa shape index (κ2) is 6.04. The highest BCUT2D eigenvalue weighted by Gasteiger charge is 2.45. The maximum atomic E-state index is 14.2. The largest absolute Gasteiger partial charge is 0.303 e. The highest BCUT2D eigenvalue weighted by atomic mass is 19.3. The number of hydrogen-bond acceptors (Lipinski definition) is 2. The number of rotatable bonds is 3. The summed E-state index contributed by atoms with van der Waals surface area (Å²) in [7, 11) is 0. The van der Waals surface area contributed by atoms with E-state index in [-0.39, 0.29) is 12.6 Å². The lowest BCUT2D eigenvalue weighted by Gasteiger charge is -2.42. The van der Waals surface area contributed by atoms with Gasteiger partial charge in [0.15, 0.2) is 0 Å². The summed E-state index contributed by atoms with van der Waals surface area (Å²) in [5, 5.41) is 0. The second-order valence-corrected chi connectivity index (χ2v) is 6.79. The first-order valence-corrected chi connectivity index (χ1v) is 7.72. The lowest BCUT2D eigenvalue weighted by atomic mass is 9.90. The van der Waals surface area contributed by atoms with Crippen molar-refractivity contribution in [2.45, 2.75) is 52.0 Å². The van der Waals surface area contributed by atoms with Crippen LogP contribution in [-0.2, 0) is 0 Å². The lowest BCUT2D eigenvalue weighted by Crippen LogP contribution is -2.54. The van der Waals surface area contributed by atoms with Gasteiger partial charge in [-0.25, -0.2) is 8.78 Å². The van der Waals surface area contributed by atoms with E-state index < -0.39 is 11.8 Å². The van der Waals surface area contributed by atoms with Crippen molar-refractivity contribution in [3.8, 4) is 0 Å². The van der Waals surface area contributed by atoms with Crippen LogP contribution in [0.15, 0.2) is 0 Å². The summed E-state index contributed by atoms with van der Waals surface area (Å²) in [4.78, 5) is 4.17. The number of likely N-dealkylation sites (tertiary alicyclic amines) is 2. The molecule has 0 radical (unpaired) electrons. The van der Waals surface area contributed by atoms with Crippen molar-refractivity contribution in [1.82, 2.24) is 9.80 Å². The Kier molecular flexibility index (Phi) is 4.83. The molecule has 0 aliphatic carbocycles. The first-order valence-electron chi connectivity index (χ1n) is 7.72. The quantitative estimate of drug-likeness (QED) is 0.780. The van der Waals surface area contributed by atoms with Crippen LogP contribution < -0.4 is 0 Å². The predicted molar refractivity (Wildman–Crippen MR) is 74.6 cm³/mol. The molecule has 0 amide bonds. The van der Waals surface area contributed by atoms with Crippen LogP contribution in [0, 0.1) is 11.8 Å². The molecular weight excluding hydrogens is 246 g/mol. The molecule has 0 aromatic rings.